The van der Waals surface area contributed by atoms with Gasteiger partial charge < -0.3 is 10.6 Å². The van der Waals surface area contributed by atoms with Crippen LogP contribution in [0.25, 0.3) is 0 Å². The highest BCUT2D eigenvalue weighted by molar-refractivity contribution is 6.30. The van der Waals surface area contributed by atoms with E-state index in [0.29, 0.717) is 17.6 Å². The summed E-state index contributed by atoms with van der Waals surface area (Å²) in [4.78, 5) is 12.1. The summed E-state index contributed by atoms with van der Waals surface area (Å²) in [7, 11) is 0. The van der Waals surface area contributed by atoms with Gasteiger partial charge in [-0.3, -0.25) is 4.79 Å². The van der Waals surface area contributed by atoms with Crippen LogP contribution in [0.2, 0.25) is 5.02 Å². The van der Waals surface area contributed by atoms with Crippen molar-refractivity contribution in [2.75, 3.05) is 11.9 Å². The van der Waals surface area contributed by atoms with Gasteiger partial charge in [-0.05, 0) is 74.6 Å². The van der Waals surface area contributed by atoms with Gasteiger partial charge in [0.1, 0.15) is 0 Å². The van der Waals surface area contributed by atoms with Crippen molar-refractivity contribution in [3.8, 4) is 0 Å². The molecule has 0 unspecified atom stereocenters. The zero-order valence-electron chi connectivity index (χ0n) is 13.4. The number of anilines is 1. The first-order valence-corrected chi connectivity index (χ1v) is 8.70. The molecule has 2 saturated carbocycles. The van der Waals surface area contributed by atoms with Crippen molar-refractivity contribution in [2.24, 2.45) is 17.8 Å². The Bertz CT molecular complexity index is 560. The van der Waals surface area contributed by atoms with Crippen LogP contribution in [0.1, 0.15) is 38.2 Å². The molecule has 4 heteroatoms. The fourth-order valence-electron chi connectivity index (χ4n) is 4.27. The van der Waals surface area contributed by atoms with E-state index in [9.17, 15) is 4.79 Å². The fourth-order valence-corrected chi connectivity index (χ4v) is 4.50. The molecule has 2 N–H and O–H groups in total. The number of hydrogen-bond acceptors (Lipinski definition) is 2. The third-order valence-corrected chi connectivity index (χ3v) is 5.72. The number of nitrogens with one attached hydrogen (secondary N) is 2. The number of carbonyl (C=O) groups excluding carboxylic acids is 1. The van der Waals surface area contributed by atoms with Crippen molar-refractivity contribution < 1.29 is 4.79 Å². The lowest BCUT2D eigenvalue weighted by molar-refractivity contribution is -0.115. The number of aryl methyl sites for hydroxylation is 1. The average Bonchev–Trinajstić information content (AvgIpc) is 3.10. The Morgan fingerprint density at radius 2 is 2.18 bits per heavy atom. The summed E-state index contributed by atoms with van der Waals surface area (Å²) >= 11 is 5.93. The average molecular weight is 321 g/mol. The predicted molar refractivity (Wildman–Crippen MR) is 91.2 cm³/mol. The second-order valence-electron chi connectivity index (χ2n) is 7.02. The number of benzene rings is 1. The summed E-state index contributed by atoms with van der Waals surface area (Å²) in [6, 6.07) is 5.94. The number of carbonyl (C=O) groups is 1. The highest BCUT2D eigenvalue weighted by Crippen LogP contribution is 2.49. The van der Waals surface area contributed by atoms with Gasteiger partial charge in [0.2, 0.25) is 5.91 Å². The van der Waals surface area contributed by atoms with E-state index < -0.39 is 0 Å². The summed E-state index contributed by atoms with van der Waals surface area (Å²) < 4.78 is 0. The van der Waals surface area contributed by atoms with E-state index in [-0.39, 0.29) is 5.91 Å². The number of fused-ring (bicyclic) bond motifs is 2. The van der Waals surface area contributed by atoms with E-state index in [1.54, 1.807) is 6.07 Å². The number of rotatable bonds is 5. The summed E-state index contributed by atoms with van der Waals surface area (Å²) in [5, 5.41) is 7.07. The molecular weight excluding hydrogens is 296 g/mol. The van der Waals surface area contributed by atoms with Gasteiger partial charge in [-0.1, -0.05) is 18.0 Å². The molecule has 3 rings (SSSR count). The van der Waals surface area contributed by atoms with Crippen LogP contribution in [0.3, 0.4) is 0 Å². The van der Waals surface area contributed by atoms with Gasteiger partial charge in [0.15, 0.2) is 0 Å². The molecule has 0 radical (unpaired) electrons. The summed E-state index contributed by atoms with van der Waals surface area (Å²) in [5.74, 6) is 2.60. The van der Waals surface area contributed by atoms with E-state index >= 15 is 0 Å². The maximum atomic E-state index is 12.1. The molecular formula is C18H25ClN2O. The van der Waals surface area contributed by atoms with E-state index in [4.69, 9.17) is 11.6 Å². The molecule has 0 saturated heterocycles. The SMILES string of the molecule is Cc1cc(Cl)ccc1NC(=O)CN[C@@H](C)[C@H]1C[C@H]2CC[C@H]1C2. The van der Waals surface area contributed by atoms with Crippen LogP contribution in [-0.4, -0.2) is 18.5 Å². The molecule has 0 heterocycles. The standard InChI is InChI=1S/C18H25ClN2O/c1-11-7-15(19)5-6-17(11)21-18(22)10-20-12(2)16-9-13-3-4-14(16)8-13/h5-7,12-14,16,20H,3-4,8-10H2,1-2H3,(H,21,22)/t12-,13-,14-,16+/m0/s1. The molecule has 120 valence electrons. The molecule has 2 aliphatic rings. The Morgan fingerprint density at radius 1 is 1.36 bits per heavy atom. The van der Waals surface area contributed by atoms with Crippen LogP contribution in [-0.2, 0) is 4.79 Å². The van der Waals surface area contributed by atoms with Crippen LogP contribution >= 0.6 is 11.6 Å². The molecule has 1 aromatic carbocycles. The molecule has 4 atom stereocenters. The normalized spacial score (nSPS) is 27.9. The smallest absolute Gasteiger partial charge is 0.238 e. The molecule has 2 aliphatic carbocycles. The molecule has 1 amide bonds. The first-order valence-electron chi connectivity index (χ1n) is 8.32. The van der Waals surface area contributed by atoms with Crippen molar-refractivity contribution >= 4 is 23.2 Å². The topological polar surface area (TPSA) is 41.1 Å². The molecule has 2 fully saturated rings. The lowest BCUT2D eigenvalue weighted by Crippen LogP contribution is -2.40. The molecule has 2 bridgehead atoms. The number of amides is 1. The first kappa shape index (κ1) is 15.8. The minimum Gasteiger partial charge on any atom is -0.325 e. The monoisotopic (exact) mass is 320 g/mol. The highest BCUT2D eigenvalue weighted by Gasteiger charge is 2.41. The van der Waals surface area contributed by atoms with Crippen LogP contribution in [0.5, 0.6) is 0 Å². The Hall–Kier alpha value is -1.06. The lowest BCUT2D eigenvalue weighted by Gasteiger charge is -2.28. The van der Waals surface area contributed by atoms with Crippen molar-refractivity contribution in [3.05, 3.63) is 28.8 Å². The lowest BCUT2D eigenvalue weighted by atomic mass is 9.84. The quantitative estimate of drug-likeness (QED) is 0.861. The van der Waals surface area contributed by atoms with Crippen molar-refractivity contribution in [1.82, 2.24) is 5.32 Å². The van der Waals surface area contributed by atoms with Gasteiger partial charge in [-0.2, -0.15) is 0 Å². The minimum absolute atomic E-state index is 0.0143. The van der Waals surface area contributed by atoms with E-state index in [1.165, 1.54) is 25.7 Å². The zero-order valence-corrected chi connectivity index (χ0v) is 14.1. The predicted octanol–water partition coefficient (Wildman–Crippen LogP) is 4.00. The second kappa shape index (κ2) is 6.59. The third-order valence-electron chi connectivity index (χ3n) is 5.48. The van der Waals surface area contributed by atoms with Crippen molar-refractivity contribution in [1.29, 1.82) is 0 Å². The highest BCUT2D eigenvalue weighted by atomic mass is 35.5. The van der Waals surface area contributed by atoms with E-state index in [0.717, 1.165) is 29.0 Å². The number of halogens is 1. The van der Waals surface area contributed by atoms with E-state index in [1.807, 2.05) is 19.1 Å². The maximum absolute atomic E-state index is 12.1. The second-order valence-corrected chi connectivity index (χ2v) is 7.45. The largest absolute Gasteiger partial charge is 0.325 e. The van der Waals surface area contributed by atoms with Gasteiger partial charge >= 0.3 is 0 Å². The summed E-state index contributed by atoms with van der Waals surface area (Å²) in [6.45, 7) is 4.55. The Morgan fingerprint density at radius 3 is 2.82 bits per heavy atom. The molecule has 0 spiro atoms. The minimum atomic E-state index is 0.0143. The van der Waals surface area contributed by atoms with Crippen LogP contribution < -0.4 is 10.6 Å². The van der Waals surface area contributed by atoms with Crippen LogP contribution in [0.15, 0.2) is 18.2 Å². The Labute approximate surface area is 137 Å². The third kappa shape index (κ3) is 3.47. The van der Waals surface area contributed by atoms with E-state index in [2.05, 4.69) is 17.6 Å². The maximum Gasteiger partial charge on any atom is 0.238 e. The molecule has 0 aliphatic heterocycles. The molecule has 22 heavy (non-hydrogen) atoms. The molecule has 3 nitrogen and oxygen atoms in total. The van der Waals surface area contributed by atoms with Gasteiger partial charge in [-0.25, -0.2) is 0 Å². The summed E-state index contributed by atoms with van der Waals surface area (Å²) in [6.07, 6.45) is 5.56. The Kier molecular flexibility index (Phi) is 4.74. The molecule has 1 aromatic rings. The zero-order chi connectivity index (χ0) is 15.7. The first-order chi connectivity index (χ1) is 10.5. The summed E-state index contributed by atoms with van der Waals surface area (Å²) in [5.41, 5.74) is 1.82. The van der Waals surface area contributed by atoms with Gasteiger partial charge in [0.05, 0.1) is 6.54 Å². The molecule has 0 aromatic heterocycles. The fraction of sp³-hybridized carbons (Fsp3) is 0.611. The van der Waals surface area contributed by atoms with Gasteiger partial charge in [0, 0.05) is 16.8 Å². The van der Waals surface area contributed by atoms with Crippen LogP contribution in [0, 0.1) is 24.7 Å². The van der Waals surface area contributed by atoms with Gasteiger partial charge in [-0.15, -0.1) is 0 Å². The van der Waals surface area contributed by atoms with Gasteiger partial charge in [0.25, 0.3) is 0 Å². The van der Waals surface area contributed by atoms with Crippen LogP contribution in [0.4, 0.5) is 5.69 Å². The Balaban J connectivity index is 1.48. The number of hydrogen-bond donors (Lipinski definition) is 2. The van der Waals surface area contributed by atoms with Crippen molar-refractivity contribution in [2.45, 2.75) is 45.6 Å². The van der Waals surface area contributed by atoms with Crippen molar-refractivity contribution in [3.63, 3.8) is 0 Å².